The first-order valence-electron chi connectivity index (χ1n) is 6.60. The van der Waals surface area contributed by atoms with Crippen molar-refractivity contribution >= 4 is 5.95 Å². The fourth-order valence-corrected chi connectivity index (χ4v) is 2.32. The average molecular weight is 258 g/mol. The Morgan fingerprint density at radius 3 is 3.21 bits per heavy atom. The maximum absolute atomic E-state index is 4.57. The second-order valence-electron chi connectivity index (χ2n) is 4.92. The summed E-state index contributed by atoms with van der Waals surface area (Å²) in [6.45, 7) is 5.06. The van der Waals surface area contributed by atoms with Crippen LogP contribution >= 0.6 is 0 Å². The van der Waals surface area contributed by atoms with Crippen molar-refractivity contribution in [1.82, 2.24) is 25.5 Å². The van der Waals surface area contributed by atoms with Crippen molar-refractivity contribution < 1.29 is 0 Å². The number of rotatable bonds is 3. The summed E-state index contributed by atoms with van der Waals surface area (Å²) in [4.78, 5) is 10.9. The largest absolute Gasteiger partial charge is 0.337 e. The van der Waals surface area contributed by atoms with Crippen LogP contribution in [0, 0.1) is 0 Å². The molecule has 3 rings (SSSR count). The number of anilines is 1. The highest BCUT2D eigenvalue weighted by Gasteiger charge is 2.19. The molecule has 0 amide bonds. The van der Waals surface area contributed by atoms with E-state index in [4.69, 9.17) is 0 Å². The van der Waals surface area contributed by atoms with Gasteiger partial charge in [-0.25, -0.2) is 0 Å². The third-order valence-corrected chi connectivity index (χ3v) is 3.27. The zero-order valence-corrected chi connectivity index (χ0v) is 11.0. The Morgan fingerprint density at radius 1 is 1.47 bits per heavy atom. The van der Waals surface area contributed by atoms with Crippen molar-refractivity contribution in [3.8, 4) is 0 Å². The van der Waals surface area contributed by atoms with Gasteiger partial charge in [0.15, 0.2) is 0 Å². The molecule has 6 nitrogen and oxygen atoms in total. The molecule has 2 aromatic rings. The van der Waals surface area contributed by atoms with Gasteiger partial charge >= 0.3 is 0 Å². The lowest BCUT2D eigenvalue weighted by Gasteiger charge is -2.30. The maximum Gasteiger partial charge on any atom is 0.244 e. The van der Waals surface area contributed by atoms with Crippen LogP contribution in [0.3, 0.4) is 0 Å². The monoisotopic (exact) mass is 258 g/mol. The smallest absolute Gasteiger partial charge is 0.244 e. The fourth-order valence-electron chi connectivity index (χ4n) is 2.32. The molecule has 1 atom stereocenters. The Balaban J connectivity index is 1.69. The number of hydrogen-bond acceptors (Lipinski definition) is 5. The van der Waals surface area contributed by atoms with Crippen molar-refractivity contribution in [2.45, 2.75) is 19.4 Å². The molecular formula is C13H18N6. The van der Waals surface area contributed by atoms with Gasteiger partial charge in [0.2, 0.25) is 5.95 Å². The van der Waals surface area contributed by atoms with Gasteiger partial charge in [-0.05, 0) is 18.6 Å². The number of hydrogen-bond donors (Lipinski definition) is 2. The number of H-pyrrole nitrogens is 1. The molecule has 6 heteroatoms. The third-order valence-electron chi connectivity index (χ3n) is 3.27. The number of piperazine rings is 1. The minimum absolute atomic E-state index is 0.481. The van der Waals surface area contributed by atoms with E-state index in [-0.39, 0.29) is 0 Å². The Bertz CT molecular complexity index is 523. The zero-order chi connectivity index (χ0) is 13.1. The van der Waals surface area contributed by atoms with Crippen molar-refractivity contribution in [3.05, 3.63) is 35.9 Å². The molecule has 0 spiro atoms. The Kier molecular flexibility index (Phi) is 3.41. The topological polar surface area (TPSA) is 69.7 Å². The van der Waals surface area contributed by atoms with E-state index in [1.807, 2.05) is 18.3 Å². The SMILES string of the molecule is C[C@@H]1CN(c2n[nH]c(Cc3cccnc3)n2)CCN1. The first-order chi connectivity index (χ1) is 9.31. The van der Waals surface area contributed by atoms with Gasteiger partial charge in [-0.2, -0.15) is 4.98 Å². The van der Waals surface area contributed by atoms with E-state index < -0.39 is 0 Å². The molecular weight excluding hydrogens is 240 g/mol. The van der Waals surface area contributed by atoms with E-state index in [2.05, 4.69) is 37.3 Å². The molecule has 1 aliphatic heterocycles. The Labute approximate surface area is 112 Å². The lowest BCUT2D eigenvalue weighted by molar-refractivity contribution is 0.480. The van der Waals surface area contributed by atoms with Gasteiger partial charge in [0.05, 0.1) is 0 Å². The van der Waals surface area contributed by atoms with Gasteiger partial charge < -0.3 is 10.2 Å². The van der Waals surface area contributed by atoms with Crippen LogP contribution in [0.5, 0.6) is 0 Å². The number of nitrogens with zero attached hydrogens (tertiary/aromatic N) is 4. The maximum atomic E-state index is 4.57. The van der Waals surface area contributed by atoms with E-state index in [0.29, 0.717) is 6.04 Å². The number of aromatic nitrogens is 4. The molecule has 3 heterocycles. The third kappa shape index (κ3) is 2.90. The molecule has 2 aromatic heterocycles. The highest BCUT2D eigenvalue weighted by atomic mass is 15.4. The van der Waals surface area contributed by atoms with Crippen LogP contribution in [0.2, 0.25) is 0 Å². The lowest BCUT2D eigenvalue weighted by Crippen LogP contribution is -2.49. The highest BCUT2D eigenvalue weighted by molar-refractivity contribution is 5.31. The van der Waals surface area contributed by atoms with E-state index >= 15 is 0 Å². The minimum atomic E-state index is 0.481. The molecule has 2 N–H and O–H groups in total. The van der Waals surface area contributed by atoms with Crippen molar-refractivity contribution in [1.29, 1.82) is 0 Å². The van der Waals surface area contributed by atoms with Crippen LogP contribution in [-0.2, 0) is 6.42 Å². The number of nitrogens with one attached hydrogen (secondary N) is 2. The zero-order valence-electron chi connectivity index (χ0n) is 11.0. The van der Waals surface area contributed by atoms with Gasteiger partial charge in [-0.1, -0.05) is 6.07 Å². The summed E-state index contributed by atoms with van der Waals surface area (Å²) >= 11 is 0. The van der Waals surface area contributed by atoms with Crippen molar-refractivity contribution in [2.24, 2.45) is 0 Å². The molecule has 1 aliphatic rings. The molecule has 100 valence electrons. The second kappa shape index (κ2) is 5.36. The summed E-state index contributed by atoms with van der Waals surface area (Å²) in [7, 11) is 0. The van der Waals surface area contributed by atoms with Crippen LogP contribution in [0.15, 0.2) is 24.5 Å². The normalized spacial score (nSPS) is 19.6. The fraction of sp³-hybridized carbons (Fsp3) is 0.462. The molecule has 1 saturated heterocycles. The summed E-state index contributed by atoms with van der Waals surface area (Å²) in [5.74, 6) is 1.68. The first kappa shape index (κ1) is 12.1. The average Bonchev–Trinajstić information content (AvgIpc) is 2.88. The van der Waals surface area contributed by atoms with E-state index in [9.17, 15) is 0 Å². The minimum Gasteiger partial charge on any atom is -0.337 e. The van der Waals surface area contributed by atoms with Gasteiger partial charge in [0.25, 0.3) is 0 Å². The van der Waals surface area contributed by atoms with Gasteiger partial charge in [0.1, 0.15) is 5.82 Å². The predicted molar refractivity (Wildman–Crippen MR) is 73.1 cm³/mol. The molecule has 0 aliphatic carbocycles. The molecule has 0 radical (unpaired) electrons. The van der Waals surface area contributed by atoms with Crippen molar-refractivity contribution in [2.75, 3.05) is 24.5 Å². The van der Waals surface area contributed by atoms with Gasteiger partial charge in [0, 0.05) is 44.5 Å². The van der Waals surface area contributed by atoms with Crippen LogP contribution < -0.4 is 10.2 Å². The van der Waals surface area contributed by atoms with Crippen LogP contribution in [-0.4, -0.2) is 45.8 Å². The Morgan fingerprint density at radius 2 is 2.42 bits per heavy atom. The number of pyridine rings is 1. The lowest BCUT2D eigenvalue weighted by atomic mass is 10.2. The molecule has 19 heavy (non-hydrogen) atoms. The van der Waals surface area contributed by atoms with Gasteiger partial charge in [-0.15, -0.1) is 5.10 Å². The van der Waals surface area contributed by atoms with Crippen LogP contribution in [0.4, 0.5) is 5.95 Å². The number of aromatic amines is 1. The van der Waals surface area contributed by atoms with Crippen molar-refractivity contribution in [3.63, 3.8) is 0 Å². The van der Waals surface area contributed by atoms with E-state index in [0.717, 1.165) is 43.4 Å². The second-order valence-corrected chi connectivity index (χ2v) is 4.92. The molecule has 1 fully saturated rings. The standard InChI is InChI=1S/C13H18N6/c1-10-9-19(6-5-15-10)13-16-12(17-18-13)7-11-3-2-4-14-8-11/h2-4,8,10,15H,5-7,9H2,1H3,(H,16,17,18)/t10-/m1/s1. The summed E-state index contributed by atoms with van der Waals surface area (Å²) in [6, 6.07) is 4.46. The molecule has 0 bridgehead atoms. The Hall–Kier alpha value is -1.95. The van der Waals surface area contributed by atoms with E-state index in [1.54, 1.807) is 6.20 Å². The molecule has 0 unspecified atom stereocenters. The summed E-state index contributed by atoms with van der Waals surface area (Å²) < 4.78 is 0. The van der Waals surface area contributed by atoms with E-state index in [1.165, 1.54) is 0 Å². The highest BCUT2D eigenvalue weighted by Crippen LogP contribution is 2.11. The summed E-state index contributed by atoms with van der Waals surface area (Å²) in [5.41, 5.74) is 1.14. The van der Waals surface area contributed by atoms with Crippen LogP contribution in [0.25, 0.3) is 0 Å². The molecule has 0 aromatic carbocycles. The molecule has 0 saturated carbocycles. The first-order valence-corrected chi connectivity index (χ1v) is 6.60. The predicted octanol–water partition coefficient (Wildman–Crippen LogP) is 0.589. The quantitative estimate of drug-likeness (QED) is 0.843. The van der Waals surface area contributed by atoms with Gasteiger partial charge in [-0.3, -0.25) is 10.1 Å². The summed E-state index contributed by atoms with van der Waals surface area (Å²) in [6.07, 6.45) is 4.37. The summed E-state index contributed by atoms with van der Waals surface area (Å²) in [5, 5.41) is 10.7. The van der Waals surface area contributed by atoms with Crippen LogP contribution in [0.1, 0.15) is 18.3 Å².